The number of anilines is 1. The number of alkyl carbamates (subject to hydrolysis) is 1. The molecule has 0 aliphatic heterocycles. The van der Waals surface area contributed by atoms with Gasteiger partial charge in [-0.2, -0.15) is 0 Å². The first-order valence-electron chi connectivity index (χ1n) is 6.48. The predicted molar refractivity (Wildman–Crippen MR) is 82.7 cm³/mol. The van der Waals surface area contributed by atoms with Gasteiger partial charge in [0.15, 0.2) is 0 Å². The van der Waals surface area contributed by atoms with E-state index >= 15 is 0 Å². The number of para-hydroxylation sites is 1. The van der Waals surface area contributed by atoms with Crippen molar-refractivity contribution in [1.29, 1.82) is 0 Å². The van der Waals surface area contributed by atoms with Crippen molar-refractivity contribution >= 4 is 35.2 Å². The van der Waals surface area contributed by atoms with Crippen molar-refractivity contribution in [2.45, 2.75) is 13.0 Å². The molecule has 22 heavy (non-hydrogen) atoms. The molecular weight excluding hydrogens is 310 g/mol. The fourth-order valence-corrected chi connectivity index (χ4v) is 1.75. The normalized spacial score (nSPS) is 11.7. The number of benzene rings is 1. The molecular formula is C14H18ClN3O4. The maximum Gasteiger partial charge on any atom is 0.413 e. The third kappa shape index (κ3) is 5.34. The Bertz CT molecular complexity index is 565. The van der Waals surface area contributed by atoms with Gasteiger partial charge in [0.1, 0.15) is 0 Å². The van der Waals surface area contributed by atoms with E-state index in [9.17, 15) is 14.4 Å². The first-order valence-corrected chi connectivity index (χ1v) is 6.86. The highest BCUT2D eigenvalue weighted by Crippen LogP contribution is 2.20. The van der Waals surface area contributed by atoms with Gasteiger partial charge in [-0.05, 0) is 26.1 Å². The van der Waals surface area contributed by atoms with Crippen LogP contribution in [0.5, 0.6) is 0 Å². The Morgan fingerprint density at radius 3 is 2.55 bits per heavy atom. The average Bonchev–Trinajstić information content (AvgIpc) is 2.48. The summed E-state index contributed by atoms with van der Waals surface area (Å²) in [5.41, 5.74) is 0.495. The average molecular weight is 328 g/mol. The number of imide groups is 1. The van der Waals surface area contributed by atoms with Crippen LogP contribution in [0.1, 0.15) is 6.92 Å². The highest BCUT2D eigenvalue weighted by molar-refractivity contribution is 6.33. The van der Waals surface area contributed by atoms with Gasteiger partial charge in [-0.25, -0.2) is 4.79 Å². The van der Waals surface area contributed by atoms with Crippen molar-refractivity contribution in [2.75, 3.05) is 26.0 Å². The Kier molecular flexibility index (Phi) is 6.81. The number of nitrogens with one attached hydrogen (secondary N) is 2. The molecule has 8 heteroatoms. The summed E-state index contributed by atoms with van der Waals surface area (Å²) in [7, 11) is 2.75. The van der Waals surface area contributed by atoms with Crippen LogP contribution in [0.2, 0.25) is 5.02 Å². The second-order valence-electron chi connectivity index (χ2n) is 4.60. The lowest BCUT2D eigenvalue weighted by molar-refractivity contribution is -0.125. The number of hydrogen-bond donors (Lipinski definition) is 2. The molecule has 0 fully saturated rings. The van der Waals surface area contributed by atoms with E-state index in [4.69, 9.17) is 11.6 Å². The molecule has 0 unspecified atom stereocenters. The van der Waals surface area contributed by atoms with Crippen LogP contribution in [0.4, 0.5) is 10.5 Å². The lowest BCUT2D eigenvalue weighted by atomic mass is 10.2. The predicted octanol–water partition coefficient (Wildman–Crippen LogP) is 1.48. The zero-order chi connectivity index (χ0) is 16.7. The molecule has 0 radical (unpaired) electrons. The number of methoxy groups -OCH3 is 1. The Balaban J connectivity index is 2.55. The fourth-order valence-electron chi connectivity index (χ4n) is 1.57. The van der Waals surface area contributed by atoms with Crippen molar-refractivity contribution in [3.8, 4) is 0 Å². The summed E-state index contributed by atoms with van der Waals surface area (Å²) in [6.07, 6.45) is -0.842. The summed E-state index contributed by atoms with van der Waals surface area (Å²) in [4.78, 5) is 36.2. The lowest BCUT2D eigenvalue weighted by Crippen LogP contribution is -2.47. The molecule has 0 aliphatic rings. The van der Waals surface area contributed by atoms with Gasteiger partial charge in [0.2, 0.25) is 11.8 Å². The summed E-state index contributed by atoms with van der Waals surface area (Å²) >= 11 is 5.95. The molecule has 1 atom stereocenters. The van der Waals surface area contributed by atoms with Crippen molar-refractivity contribution in [3.63, 3.8) is 0 Å². The number of carbonyl (C=O) groups excluding carboxylic acids is 3. The number of ether oxygens (including phenoxy) is 1. The van der Waals surface area contributed by atoms with E-state index in [2.05, 4.69) is 10.1 Å². The lowest BCUT2D eigenvalue weighted by Gasteiger charge is -2.22. The minimum atomic E-state index is -0.842. The summed E-state index contributed by atoms with van der Waals surface area (Å²) in [6, 6.07) is 6.15. The quantitative estimate of drug-likeness (QED) is 0.855. The molecule has 0 saturated heterocycles. The van der Waals surface area contributed by atoms with Crippen LogP contribution in [0.3, 0.4) is 0 Å². The van der Waals surface area contributed by atoms with Gasteiger partial charge in [0.25, 0.3) is 0 Å². The minimum Gasteiger partial charge on any atom is -0.453 e. The third-order valence-corrected chi connectivity index (χ3v) is 3.32. The second-order valence-corrected chi connectivity index (χ2v) is 5.01. The molecule has 120 valence electrons. The third-order valence-electron chi connectivity index (χ3n) is 2.99. The molecule has 0 aliphatic carbocycles. The Labute approximate surface area is 133 Å². The number of nitrogens with zero attached hydrogens (tertiary/aromatic N) is 1. The zero-order valence-electron chi connectivity index (χ0n) is 12.6. The Morgan fingerprint density at radius 1 is 1.32 bits per heavy atom. The molecule has 0 spiro atoms. The van der Waals surface area contributed by atoms with Crippen LogP contribution in [0, 0.1) is 0 Å². The highest BCUT2D eigenvalue weighted by atomic mass is 35.5. The first kappa shape index (κ1) is 17.9. The van der Waals surface area contributed by atoms with Gasteiger partial charge < -0.3 is 10.1 Å². The van der Waals surface area contributed by atoms with Crippen molar-refractivity contribution in [2.24, 2.45) is 0 Å². The van der Waals surface area contributed by atoms with Crippen LogP contribution in [0.15, 0.2) is 24.3 Å². The van der Waals surface area contributed by atoms with Crippen molar-refractivity contribution in [1.82, 2.24) is 10.2 Å². The zero-order valence-corrected chi connectivity index (χ0v) is 13.3. The van der Waals surface area contributed by atoms with E-state index in [1.54, 1.807) is 38.2 Å². The first-order chi connectivity index (χ1) is 10.3. The number of rotatable bonds is 5. The monoisotopic (exact) mass is 327 g/mol. The van der Waals surface area contributed by atoms with Crippen LogP contribution >= 0.6 is 11.6 Å². The van der Waals surface area contributed by atoms with E-state index < -0.39 is 18.0 Å². The fraction of sp³-hybridized carbons (Fsp3) is 0.357. The maximum atomic E-state index is 11.9. The van der Waals surface area contributed by atoms with Crippen molar-refractivity contribution in [3.05, 3.63) is 29.3 Å². The Morgan fingerprint density at radius 2 is 1.95 bits per heavy atom. The smallest absolute Gasteiger partial charge is 0.413 e. The Hall–Kier alpha value is -2.12. The number of hydrogen-bond acceptors (Lipinski definition) is 5. The number of amides is 3. The summed E-state index contributed by atoms with van der Waals surface area (Å²) in [5, 5.41) is 5.12. The van der Waals surface area contributed by atoms with Crippen molar-refractivity contribution < 1.29 is 19.1 Å². The summed E-state index contributed by atoms with van der Waals surface area (Å²) in [6.45, 7) is 1.53. The molecule has 0 saturated carbocycles. The van der Waals surface area contributed by atoms with E-state index in [0.29, 0.717) is 10.7 Å². The largest absolute Gasteiger partial charge is 0.453 e. The van der Waals surface area contributed by atoms with Crippen LogP contribution in [-0.4, -0.2) is 49.6 Å². The number of halogens is 1. The standard InChI is InChI=1S/C14H18ClN3O4/c1-9(13(20)17-14(21)22-3)18(2)8-12(19)16-11-7-5-4-6-10(11)15/h4-7,9H,8H2,1-3H3,(H,16,19)(H,17,20,21)/t9-/m0/s1. The van der Waals surface area contributed by atoms with E-state index in [-0.39, 0.29) is 12.5 Å². The molecule has 0 heterocycles. The molecule has 0 bridgehead atoms. The maximum absolute atomic E-state index is 11.9. The highest BCUT2D eigenvalue weighted by Gasteiger charge is 2.22. The molecule has 2 N–H and O–H groups in total. The van der Waals surface area contributed by atoms with Gasteiger partial charge in [0, 0.05) is 0 Å². The topological polar surface area (TPSA) is 87.7 Å². The molecule has 7 nitrogen and oxygen atoms in total. The second kappa shape index (κ2) is 8.35. The molecule has 1 aromatic carbocycles. The van der Waals surface area contributed by atoms with Gasteiger partial charge in [-0.1, -0.05) is 23.7 Å². The van der Waals surface area contributed by atoms with Gasteiger partial charge in [0.05, 0.1) is 30.4 Å². The van der Waals surface area contributed by atoms with Gasteiger partial charge in [-0.15, -0.1) is 0 Å². The molecule has 1 rings (SSSR count). The van der Waals surface area contributed by atoms with Crippen LogP contribution < -0.4 is 10.6 Å². The van der Waals surface area contributed by atoms with Crippen LogP contribution in [-0.2, 0) is 14.3 Å². The van der Waals surface area contributed by atoms with E-state index in [0.717, 1.165) is 7.11 Å². The number of likely N-dealkylation sites (N-methyl/N-ethyl adjacent to an activating group) is 1. The van der Waals surface area contributed by atoms with Gasteiger partial charge in [-0.3, -0.25) is 19.8 Å². The molecule has 1 aromatic rings. The van der Waals surface area contributed by atoms with Gasteiger partial charge >= 0.3 is 6.09 Å². The molecule has 3 amide bonds. The number of carbonyl (C=O) groups is 3. The SMILES string of the molecule is COC(=O)NC(=O)[C@H](C)N(C)CC(=O)Nc1ccccc1Cl. The van der Waals surface area contributed by atoms with E-state index in [1.807, 2.05) is 5.32 Å². The van der Waals surface area contributed by atoms with E-state index in [1.165, 1.54) is 4.90 Å². The summed E-state index contributed by atoms with van der Waals surface area (Å²) in [5.74, 6) is -0.881. The van der Waals surface area contributed by atoms with Crippen LogP contribution in [0.25, 0.3) is 0 Å². The minimum absolute atomic E-state index is 0.0407. The molecule has 0 aromatic heterocycles. The summed E-state index contributed by atoms with van der Waals surface area (Å²) < 4.78 is 4.34.